The fourth-order valence-electron chi connectivity index (χ4n) is 2.83. The van der Waals surface area contributed by atoms with Crippen LogP contribution in [0.2, 0.25) is 5.28 Å². The Morgan fingerprint density at radius 3 is 2.74 bits per heavy atom. The van der Waals surface area contributed by atoms with Gasteiger partial charge >= 0.3 is 11.9 Å². The second kappa shape index (κ2) is 6.91. The molecule has 146 valence electrons. The molecule has 0 bridgehead atoms. The van der Waals surface area contributed by atoms with Gasteiger partial charge in [0.15, 0.2) is 11.5 Å². The molecule has 1 fully saturated rings. The molecule has 11 nitrogen and oxygen atoms in total. The maximum atomic E-state index is 11.2. The predicted octanol–water partition coefficient (Wildman–Crippen LogP) is 0.930. The molecule has 12 heteroatoms. The number of ether oxygens (including phenoxy) is 2. The van der Waals surface area contributed by atoms with Crippen LogP contribution >= 0.6 is 11.6 Å². The Morgan fingerprint density at radius 1 is 1.44 bits per heavy atom. The van der Waals surface area contributed by atoms with Gasteiger partial charge in [-0.05, 0) is 30.9 Å². The summed E-state index contributed by atoms with van der Waals surface area (Å²) >= 11 is 5.86. The summed E-state index contributed by atoms with van der Waals surface area (Å²) in [6.07, 6.45) is 1.08. The first-order valence-electron chi connectivity index (χ1n) is 8.05. The molecule has 0 radical (unpaired) electrons. The molecule has 0 aromatic carbocycles. The summed E-state index contributed by atoms with van der Waals surface area (Å²) in [5.41, 5.74) is 4.24. The average molecular weight is 400 g/mol. The molecule has 3 rings (SSSR count). The monoisotopic (exact) mass is 399 g/mol. The second-order valence-corrected chi connectivity index (χ2v) is 6.84. The largest absolute Gasteiger partial charge is 0.479 e. The van der Waals surface area contributed by atoms with E-state index in [4.69, 9.17) is 37.0 Å². The lowest BCUT2D eigenvalue weighted by Gasteiger charge is -2.24. The lowest BCUT2D eigenvalue weighted by atomic mass is 10.0. The van der Waals surface area contributed by atoms with Gasteiger partial charge in [-0.15, -0.1) is 0 Å². The van der Waals surface area contributed by atoms with Gasteiger partial charge < -0.3 is 25.4 Å². The molecule has 1 aliphatic rings. The number of nitrogens with zero attached hydrogens (tertiary/aromatic N) is 4. The van der Waals surface area contributed by atoms with E-state index in [1.165, 1.54) is 6.33 Å². The van der Waals surface area contributed by atoms with E-state index >= 15 is 0 Å². The van der Waals surface area contributed by atoms with Gasteiger partial charge in [0.2, 0.25) is 5.28 Å². The summed E-state index contributed by atoms with van der Waals surface area (Å²) in [4.78, 5) is 34.6. The third-order valence-corrected chi connectivity index (χ3v) is 4.79. The Labute approximate surface area is 158 Å². The standard InChI is InChI=1S/C15H18ClN5O6/c1-6-3-8(21-5-18-9-10(17)19-14(16)20-11(9)21)27-7(6)4-26-15(2,12(22)23)13(24)25/h5-8H,3-4H2,1-2H3,(H,22,23)(H,24,25)(H2,17,19,20)/t6-,7-,8-/m1/s1. The van der Waals surface area contributed by atoms with E-state index in [9.17, 15) is 9.59 Å². The minimum atomic E-state index is -2.35. The molecule has 0 aliphatic carbocycles. The number of aromatic nitrogens is 4. The van der Waals surface area contributed by atoms with Gasteiger partial charge in [-0.25, -0.2) is 14.6 Å². The zero-order valence-corrected chi connectivity index (χ0v) is 15.3. The third-order valence-electron chi connectivity index (χ3n) is 4.62. The molecular weight excluding hydrogens is 382 g/mol. The number of hydrogen-bond donors (Lipinski definition) is 3. The van der Waals surface area contributed by atoms with E-state index in [1.807, 2.05) is 6.92 Å². The molecule has 3 atom stereocenters. The lowest BCUT2D eigenvalue weighted by Crippen LogP contribution is -2.48. The predicted molar refractivity (Wildman–Crippen MR) is 92.1 cm³/mol. The minimum absolute atomic E-state index is 0.0219. The van der Waals surface area contributed by atoms with Crippen LogP contribution < -0.4 is 5.73 Å². The van der Waals surface area contributed by atoms with Gasteiger partial charge in [0.25, 0.3) is 5.60 Å². The van der Waals surface area contributed by atoms with Crippen LogP contribution in [0.15, 0.2) is 6.33 Å². The van der Waals surface area contributed by atoms with Crippen LogP contribution in [0.25, 0.3) is 11.2 Å². The quantitative estimate of drug-likeness (QED) is 0.470. The Kier molecular flexibility index (Phi) is 4.93. The average Bonchev–Trinajstić information content (AvgIpc) is 3.15. The number of hydrogen-bond acceptors (Lipinski definition) is 8. The minimum Gasteiger partial charge on any atom is -0.479 e. The summed E-state index contributed by atoms with van der Waals surface area (Å²) in [5.74, 6) is -3.05. The van der Waals surface area contributed by atoms with E-state index in [1.54, 1.807) is 4.57 Å². The van der Waals surface area contributed by atoms with Crippen molar-refractivity contribution >= 4 is 40.5 Å². The number of nitrogen functional groups attached to an aromatic ring is 1. The van der Waals surface area contributed by atoms with Crippen molar-refractivity contribution < 1.29 is 29.3 Å². The van der Waals surface area contributed by atoms with Crippen molar-refractivity contribution in [3.63, 3.8) is 0 Å². The van der Waals surface area contributed by atoms with E-state index < -0.39 is 29.9 Å². The smallest absolute Gasteiger partial charge is 0.347 e. The summed E-state index contributed by atoms with van der Waals surface area (Å²) in [6, 6.07) is 0. The van der Waals surface area contributed by atoms with E-state index in [-0.39, 0.29) is 23.6 Å². The van der Waals surface area contributed by atoms with Crippen LogP contribution in [-0.2, 0) is 19.1 Å². The molecule has 2 aromatic rings. The van der Waals surface area contributed by atoms with Crippen molar-refractivity contribution in [3.05, 3.63) is 11.6 Å². The second-order valence-electron chi connectivity index (χ2n) is 6.50. The normalized spacial score (nSPS) is 23.0. The maximum absolute atomic E-state index is 11.2. The molecule has 2 aromatic heterocycles. The Bertz CT molecular complexity index is 888. The molecule has 3 heterocycles. The highest BCUT2D eigenvalue weighted by atomic mass is 35.5. The van der Waals surface area contributed by atoms with Crippen LogP contribution in [0.1, 0.15) is 26.5 Å². The molecule has 4 N–H and O–H groups in total. The summed E-state index contributed by atoms with van der Waals surface area (Å²) < 4.78 is 12.8. The van der Waals surface area contributed by atoms with Gasteiger partial charge in [-0.2, -0.15) is 9.97 Å². The number of aliphatic carboxylic acids is 2. The Hall–Kier alpha value is -2.50. The number of carbonyl (C=O) groups is 2. The van der Waals surface area contributed by atoms with Gasteiger partial charge in [0.05, 0.1) is 19.0 Å². The highest BCUT2D eigenvalue weighted by Gasteiger charge is 2.45. The summed E-state index contributed by atoms with van der Waals surface area (Å²) in [7, 11) is 0. The van der Waals surface area contributed by atoms with Crippen molar-refractivity contribution in [1.29, 1.82) is 0 Å². The van der Waals surface area contributed by atoms with E-state index in [2.05, 4.69) is 15.0 Å². The van der Waals surface area contributed by atoms with Crippen LogP contribution in [0, 0.1) is 5.92 Å². The number of nitrogens with two attached hydrogens (primary N) is 1. The molecular formula is C15H18ClN5O6. The maximum Gasteiger partial charge on any atom is 0.347 e. The van der Waals surface area contributed by atoms with Crippen LogP contribution in [0.3, 0.4) is 0 Å². The molecule has 0 saturated carbocycles. The number of imidazole rings is 1. The molecule has 0 amide bonds. The summed E-state index contributed by atoms with van der Waals surface area (Å²) in [6.45, 7) is 2.68. The van der Waals surface area contributed by atoms with Crippen molar-refractivity contribution in [2.75, 3.05) is 12.3 Å². The number of halogens is 1. The Morgan fingerprint density at radius 2 is 2.11 bits per heavy atom. The zero-order valence-electron chi connectivity index (χ0n) is 14.5. The number of carboxylic acid groups (broad SMARTS) is 2. The van der Waals surface area contributed by atoms with Gasteiger partial charge in [0.1, 0.15) is 11.7 Å². The topological polar surface area (TPSA) is 163 Å². The number of anilines is 1. The van der Waals surface area contributed by atoms with E-state index in [0.717, 1.165) is 6.92 Å². The van der Waals surface area contributed by atoms with Crippen LogP contribution in [0.5, 0.6) is 0 Å². The van der Waals surface area contributed by atoms with Gasteiger partial charge in [0, 0.05) is 0 Å². The number of fused-ring (bicyclic) bond motifs is 1. The highest BCUT2D eigenvalue weighted by molar-refractivity contribution is 6.28. The molecule has 0 unspecified atom stereocenters. The third kappa shape index (κ3) is 3.40. The fourth-order valence-corrected chi connectivity index (χ4v) is 3.00. The van der Waals surface area contributed by atoms with Crippen LogP contribution in [-0.4, -0.2) is 60.0 Å². The van der Waals surface area contributed by atoms with Crippen LogP contribution in [0.4, 0.5) is 5.82 Å². The van der Waals surface area contributed by atoms with Crippen molar-refractivity contribution in [3.8, 4) is 0 Å². The van der Waals surface area contributed by atoms with Crippen molar-refractivity contribution in [2.24, 2.45) is 5.92 Å². The first-order chi connectivity index (χ1) is 12.6. The van der Waals surface area contributed by atoms with Gasteiger partial charge in [-0.3, -0.25) is 4.57 Å². The molecule has 0 spiro atoms. The van der Waals surface area contributed by atoms with Gasteiger partial charge in [-0.1, -0.05) is 6.92 Å². The number of rotatable bonds is 6. The van der Waals surface area contributed by atoms with Crippen molar-refractivity contribution in [1.82, 2.24) is 19.5 Å². The first kappa shape index (κ1) is 19.3. The SMILES string of the molecule is C[C@@H]1C[C@H](n2cnc3c(N)nc(Cl)nc32)O[C@@H]1COC(C)(C(=O)O)C(=O)O. The summed E-state index contributed by atoms with van der Waals surface area (Å²) in [5, 5.41) is 18.2. The van der Waals surface area contributed by atoms with E-state index in [0.29, 0.717) is 17.6 Å². The first-order valence-corrected chi connectivity index (χ1v) is 8.43. The highest BCUT2D eigenvalue weighted by Crippen LogP contribution is 2.36. The molecule has 27 heavy (non-hydrogen) atoms. The number of carboxylic acids is 2. The molecule has 1 aliphatic heterocycles. The lowest BCUT2D eigenvalue weighted by molar-refractivity contribution is -0.186. The van der Waals surface area contributed by atoms with Crippen molar-refractivity contribution in [2.45, 2.75) is 38.2 Å². The Balaban J connectivity index is 1.77. The zero-order chi connectivity index (χ0) is 19.9. The molecule has 1 saturated heterocycles. The fraction of sp³-hybridized carbons (Fsp3) is 0.533.